The van der Waals surface area contributed by atoms with Crippen molar-refractivity contribution in [1.29, 1.82) is 0 Å². The first-order valence-electron chi connectivity index (χ1n) is 4.93. The molecule has 2 rings (SSSR count). The maximum Gasteiger partial charge on any atom is 0.0913 e. The van der Waals surface area contributed by atoms with Gasteiger partial charge in [-0.05, 0) is 25.7 Å². The van der Waals surface area contributed by atoms with Crippen LogP contribution in [-0.2, 0) is 9.47 Å². The smallest absolute Gasteiger partial charge is 0.0913 e. The molecule has 3 atom stereocenters. The lowest BCUT2D eigenvalue weighted by Crippen LogP contribution is -2.28. The Labute approximate surface area is 74.2 Å². The van der Waals surface area contributed by atoms with Gasteiger partial charge in [0.25, 0.3) is 0 Å². The van der Waals surface area contributed by atoms with Crippen molar-refractivity contribution in [3.63, 3.8) is 0 Å². The third-order valence-corrected chi connectivity index (χ3v) is 2.93. The zero-order chi connectivity index (χ0) is 8.60. The molecular weight excluding hydrogens is 152 g/mol. The van der Waals surface area contributed by atoms with Crippen molar-refractivity contribution in [3.05, 3.63) is 0 Å². The Bertz CT molecular complexity index is 163. The Hall–Kier alpha value is -0.0800. The summed E-state index contributed by atoms with van der Waals surface area (Å²) in [6.07, 6.45) is 4.01. The number of rotatable bonds is 2. The molecule has 0 aromatic carbocycles. The van der Waals surface area contributed by atoms with Gasteiger partial charge >= 0.3 is 0 Å². The molecule has 2 saturated heterocycles. The molecule has 70 valence electrons. The van der Waals surface area contributed by atoms with Crippen LogP contribution in [0.2, 0.25) is 0 Å². The molecule has 3 unspecified atom stereocenters. The Morgan fingerprint density at radius 3 is 2.83 bits per heavy atom. The average molecular weight is 170 g/mol. The van der Waals surface area contributed by atoms with E-state index in [0.29, 0.717) is 6.10 Å². The van der Waals surface area contributed by atoms with E-state index >= 15 is 0 Å². The summed E-state index contributed by atoms with van der Waals surface area (Å²) in [6, 6.07) is 0. The molecule has 0 aromatic rings. The fraction of sp³-hybridized carbons (Fsp3) is 1.00. The molecule has 2 aliphatic rings. The number of hydrogen-bond donors (Lipinski definition) is 0. The largest absolute Gasteiger partial charge is 0.378 e. The van der Waals surface area contributed by atoms with Crippen LogP contribution in [-0.4, -0.2) is 24.9 Å². The molecule has 0 amide bonds. The molecule has 0 radical (unpaired) electrons. The van der Waals surface area contributed by atoms with Gasteiger partial charge in [-0.15, -0.1) is 0 Å². The minimum atomic E-state index is 0.168. The van der Waals surface area contributed by atoms with Crippen LogP contribution in [0, 0.1) is 5.92 Å². The zero-order valence-corrected chi connectivity index (χ0v) is 8.01. The van der Waals surface area contributed by atoms with E-state index in [0.717, 1.165) is 25.6 Å². The van der Waals surface area contributed by atoms with Gasteiger partial charge in [0.2, 0.25) is 0 Å². The molecule has 2 nitrogen and oxygen atoms in total. The second kappa shape index (κ2) is 3.00. The molecule has 2 fully saturated rings. The molecule has 12 heavy (non-hydrogen) atoms. The van der Waals surface area contributed by atoms with Crippen molar-refractivity contribution < 1.29 is 9.47 Å². The fourth-order valence-corrected chi connectivity index (χ4v) is 1.94. The molecular formula is C10H18O2. The van der Waals surface area contributed by atoms with E-state index in [1.54, 1.807) is 0 Å². The number of hydrogen-bond acceptors (Lipinski definition) is 2. The monoisotopic (exact) mass is 170 g/mol. The van der Waals surface area contributed by atoms with Crippen molar-refractivity contribution >= 4 is 0 Å². The van der Waals surface area contributed by atoms with Gasteiger partial charge in [0.05, 0.1) is 18.3 Å². The highest BCUT2D eigenvalue weighted by atomic mass is 16.6. The maximum absolute atomic E-state index is 5.68. The van der Waals surface area contributed by atoms with E-state index in [9.17, 15) is 0 Å². The van der Waals surface area contributed by atoms with Crippen LogP contribution in [0.5, 0.6) is 0 Å². The molecule has 0 spiro atoms. The minimum Gasteiger partial charge on any atom is -0.378 e. The number of ether oxygens (including phenoxy) is 2. The molecule has 2 heterocycles. The van der Waals surface area contributed by atoms with E-state index in [1.165, 1.54) is 12.8 Å². The van der Waals surface area contributed by atoms with E-state index in [1.807, 2.05) is 0 Å². The molecule has 0 bridgehead atoms. The average Bonchev–Trinajstić information content (AvgIpc) is 2.67. The molecule has 2 aliphatic heterocycles. The van der Waals surface area contributed by atoms with E-state index in [2.05, 4.69) is 13.8 Å². The van der Waals surface area contributed by atoms with Crippen LogP contribution in [0.25, 0.3) is 0 Å². The van der Waals surface area contributed by atoms with Crippen molar-refractivity contribution in [1.82, 2.24) is 0 Å². The molecule has 2 heteroatoms. The standard InChI is InChI=1S/C10H18O2/c1-8-3-4-11-9(5-8)6-10(2)7-12-10/h8-9H,3-7H2,1-2H3. The predicted octanol–water partition coefficient (Wildman–Crippen LogP) is 1.98. The van der Waals surface area contributed by atoms with E-state index in [4.69, 9.17) is 9.47 Å². The lowest BCUT2D eigenvalue weighted by molar-refractivity contribution is -0.0200. The summed E-state index contributed by atoms with van der Waals surface area (Å²) >= 11 is 0. The van der Waals surface area contributed by atoms with Crippen LogP contribution < -0.4 is 0 Å². The number of epoxide rings is 1. The summed E-state index contributed by atoms with van der Waals surface area (Å²) in [4.78, 5) is 0. The highest BCUT2D eigenvalue weighted by Crippen LogP contribution is 2.35. The van der Waals surface area contributed by atoms with Gasteiger partial charge in [-0.25, -0.2) is 0 Å². The first-order chi connectivity index (χ1) is 5.68. The first-order valence-corrected chi connectivity index (χ1v) is 4.93. The Balaban J connectivity index is 1.79. The topological polar surface area (TPSA) is 21.8 Å². The summed E-state index contributed by atoms with van der Waals surface area (Å²) in [7, 11) is 0. The van der Waals surface area contributed by atoms with Gasteiger partial charge < -0.3 is 9.47 Å². The Morgan fingerprint density at radius 1 is 1.50 bits per heavy atom. The Morgan fingerprint density at radius 2 is 2.25 bits per heavy atom. The van der Waals surface area contributed by atoms with Gasteiger partial charge in [-0.1, -0.05) is 6.92 Å². The lowest BCUT2D eigenvalue weighted by atomic mass is 9.92. The SMILES string of the molecule is CC1CCOC(CC2(C)CO2)C1. The van der Waals surface area contributed by atoms with Crippen LogP contribution >= 0.6 is 0 Å². The van der Waals surface area contributed by atoms with Gasteiger partial charge in [0.1, 0.15) is 0 Å². The normalized spacial score (nSPS) is 47.5. The van der Waals surface area contributed by atoms with Gasteiger partial charge in [-0.3, -0.25) is 0 Å². The predicted molar refractivity (Wildman–Crippen MR) is 47.1 cm³/mol. The third kappa shape index (κ3) is 1.99. The van der Waals surface area contributed by atoms with Crippen molar-refractivity contribution in [3.8, 4) is 0 Å². The molecule has 0 N–H and O–H groups in total. The molecule has 0 aromatic heterocycles. The maximum atomic E-state index is 5.68. The summed E-state index contributed by atoms with van der Waals surface area (Å²) in [5, 5.41) is 0. The highest BCUT2D eigenvalue weighted by molar-refractivity contribution is 4.90. The van der Waals surface area contributed by atoms with Crippen molar-refractivity contribution in [2.75, 3.05) is 13.2 Å². The van der Waals surface area contributed by atoms with Crippen LogP contribution in [0.15, 0.2) is 0 Å². The summed E-state index contributed by atoms with van der Waals surface area (Å²) in [6.45, 7) is 6.37. The van der Waals surface area contributed by atoms with Crippen LogP contribution in [0.1, 0.15) is 33.1 Å². The van der Waals surface area contributed by atoms with Gasteiger partial charge in [0.15, 0.2) is 0 Å². The van der Waals surface area contributed by atoms with Crippen LogP contribution in [0.4, 0.5) is 0 Å². The fourth-order valence-electron chi connectivity index (χ4n) is 1.94. The summed E-state index contributed by atoms with van der Waals surface area (Å²) in [5.74, 6) is 0.839. The van der Waals surface area contributed by atoms with Gasteiger partial charge in [0, 0.05) is 13.0 Å². The van der Waals surface area contributed by atoms with E-state index < -0.39 is 0 Å². The minimum absolute atomic E-state index is 0.168. The Kier molecular flexibility index (Phi) is 2.13. The van der Waals surface area contributed by atoms with Crippen LogP contribution in [0.3, 0.4) is 0 Å². The lowest BCUT2D eigenvalue weighted by Gasteiger charge is -2.28. The molecule has 0 aliphatic carbocycles. The third-order valence-electron chi connectivity index (χ3n) is 2.93. The highest BCUT2D eigenvalue weighted by Gasteiger charge is 2.42. The van der Waals surface area contributed by atoms with Crippen molar-refractivity contribution in [2.24, 2.45) is 5.92 Å². The second-order valence-electron chi connectivity index (χ2n) is 4.57. The summed E-state index contributed by atoms with van der Waals surface area (Å²) in [5.41, 5.74) is 0.168. The first kappa shape index (κ1) is 8.52. The van der Waals surface area contributed by atoms with E-state index in [-0.39, 0.29) is 5.60 Å². The summed E-state index contributed by atoms with van der Waals surface area (Å²) < 4.78 is 11.0. The second-order valence-corrected chi connectivity index (χ2v) is 4.57. The van der Waals surface area contributed by atoms with Gasteiger partial charge in [-0.2, -0.15) is 0 Å². The molecule has 0 saturated carbocycles. The zero-order valence-electron chi connectivity index (χ0n) is 8.01. The quantitative estimate of drug-likeness (QED) is 0.591. The van der Waals surface area contributed by atoms with Crippen molar-refractivity contribution in [2.45, 2.75) is 44.8 Å².